The fourth-order valence-electron chi connectivity index (χ4n) is 2.87. The Labute approximate surface area is 138 Å². The minimum atomic E-state index is 0.377. The molecule has 1 fully saturated rings. The number of hydrogen-bond acceptors (Lipinski definition) is 3. The van der Waals surface area contributed by atoms with E-state index in [1.54, 1.807) is 0 Å². The lowest BCUT2D eigenvalue weighted by atomic mass is 10.0. The van der Waals surface area contributed by atoms with Crippen LogP contribution >= 0.6 is 23.2 Å². The van der Waals surface area contributed by atoms with Gasteiger partial charge in [0.15, 0.2) is 0 Å². The van der Waals surface area contributed by atoms with Crippen LogP contribution in [0.1, 0.15) is 25.5 Å². The van der Waals surface area contributed by atoms with Crippen molar-refractivity contribution >= 4 is 23.2 Å². The number of piperazine rings is 1. The number of rotatable bonds is 6. The molecule has 0 bridgehead atoms. The zero-order chi connectivity index (χ0) is 15.2. The summed E-state index contributed by atoms with van der Waals surface area (Å²) in [5, 5.41) is 4.69. The summed E-state index contributed by atoms with van der Waals surface area (Å²) in [4.78, 5) is 5.02. The fourth-order valence-corrected chi connectivity index (χ4v) is 3.18. The van der Waals surface area contributed by atoms with Crippen LogP contribution in [0.25, 0.3) is 0 Å². The van der Waals surface area contributed by atoms with Crippen molar-refractivity contribution in [3.8, 4) is 0 Å². The Hall–Kier alpha value is -0.320. The maximum atomic E-state index is 6.22. The summed E-state index contributed by atoms with van der Waals surface area (Å²) in [6.45, 7) is 11.9. The second-order valence-corrected chi connectivity index (χ2v) is 6.28. The van der Waals surface area contributed by atoms with Gasteiger partial charge >= 0.3 is 0 Å². The highest BCUT2D eigenvalue weighted by Gasteiger charge is 2.24. The molecular formula is C16H25Cl2N3. The molecule has 1 heterocycles. The summed E-state index contributed by atoms with van der Waals surface area (Å²) in [6.07, 6.45) is 0. The van der Waals surface area contributed by atoms with Gasteiger partial charge in [0.1, 0.15) is 0 Å². The normalized spacial score (nSPS) is 18.1. The van der Waals surface area contributed by atoms with Gasteiger partial charge in [-0.2, -0.15) is 0 Å². The molecule has 2 rings (SSSR count). The van der Waals surface area contributed by atoms with Gasteiger partial charge in [-0.3, -0.25) is 4.90 Å². The molecule has 118 valence electrons. The second kappa shape index (κ2) is 8.35. The summed E-state index contributed by atoms with van der Waals surface area (Å²) in [5.41, 5.74) is 1.26. The topological polar surface area (TPSA) is 18.5 Å². The molecule has 0 radical (unpaired) electrons. The van der Waals surface area contributed by atoms with E-state index >= 15 is 0 Å². The van der Waals surface area contributed by atoms with Crippen LogP contribution < -0.4 is 5.32 Å². The van der Waals surface area contributed by atoms with E-state index in [1.807, 2.05) is 12.1 Å². The molecule has 1 N–H and O–H groups in total. The zero-order valence-corrected chi connectivity index (χ0v) is 14.4. The lowest BCUT2D eigenvalue weighted by molar-refractivity contribution is 0.129. The molecule has 1 aromatic rings. The monoisotopic (exact) mass is 329 g/mol. The van der Waals surface area contributed by atoms with Crippen LogP contribution in [0.4, 0.5) is 0 Å². The van der Waals surface area contributed by atoms with E-state index in [0.29, 0.717) is 16.1 Å². The molecule has 0 spiro atoms. The predicted molar refractivity (Wildman–Crippen MR) is 91.4 cm³/mol. The maximum absolute atomic E-state index is 6.22. The first-order valence-electron chi connectivity index (χ1n) is 7.77. The lowest BCUT2D eigenvalue weighted by Gasteiger charge is -2.38. The third-order valence-electron chi connectivity index (χ3n) is 4.25. The number of benzene rings is 1. The first-order valence-corrected chi connectivity index (χ1v) is 8.53. The van der Waals surface area contributed by atoms with Gasteiger partial charge in [-0.15, -0.1) is 0 Å². The summed E-state index contributed by atoms with van der Waals surface area (Å²) in [7, 11) is 0. The first-order chi connectivity index (χ1) is 10.2. The molecule has 0 saturated carbocycles. The molecule has 1 unspecified atom stereocenters. The number of halogens is 2. The average Bonchev–Trinajstić information content (AvgIpc) is 2.52. The van der Waals surface area contributed by atoms with Gasteiger partial charge in [0.05, 0.1) is 10.0 Å². The Morgan fingerprint density at radius 1 is 1.14 bits per heavy atom. The van der Waals surface area contributed by atoms with E-state index < -0.39 is 0 Å². The van der Waals surface area contributed by atoms with E-state index in [9.17, 15) is 0 Å². The molecular weight excluding hydrogens is 305 g/mol. The van der Waals surface area contributed by atoms with E-state index in [0.717, 1.165) is 45.8 Å². The number of nitrogens with one attached hydrogen (secondary N) is 1. The third-order valence-corrected chi connectivity index (χ3v) is 4.99. The molecule has 1 aliphatic rings. The van der Waals surface area contributed by atoms with E-state index in [2.05, 4.69) is 35.0 Å². The van der Waals surface area contributed by atoms with Crippen molar-refractivity contribution in [1.82, 2.24) is 15.1 Å². The Kier molecular flexibility index (Phi) is 6.77. The van der Waals surface area contributed by atoms with Crippen molar-refractivity contribution in [3.63, 3.8) is 0 Å². The van der Waals surface area contributed by atoms with Crippen molar-refractivity contribution in [3.05, 3.63) is 33.8 Å². The van der Waals surface area contributed by atoms with E-state index in [1.165, 1.54) is 5.56 Å². The summed E-state index contributed by atoms with van der Waals surface area (Å²) in [6, 6.07) is 6.43. The average molecular weight is 330 g/mol. The molecule has 1 aliphatic heterocycles. The van der Waals surface area contributed by atoms with Crippen molar-refractivity contribution in [2.24, 2.45) is 0 Å². The SMILES string of the molecule is CCN(CC)CC(c1ccc(Cl)c(Cl)c1)N1CCNCC1. The van der Waals surface area contributed by atoms with Crippen LogP contribution in [0.15, 0.2) is 18.2 Å². The Bertz CT molecular complexity index is 443. The lowest BCUT2D eigenvalue weighted by Crippen LogP contribution is -2.48. The fraction of sp³-hybridized carbons (Fsp3) is 0.625. The van der Waals surface area contributed by atoms with E-state index in [-0.39, 0.29) is 0 Å². The summed E-state index contributed by atoms with van der Waals surface area (Å²) < 4.78 is 0. The predicted octanol–water partition coefficient (Wildman–Crippen LogP) is 3.28. The molecule has 1 aromatic carbocycles. The number of nitrogens with zero attached hydrogens (tertiary/aromatic N) is 2. The molecule has 0 amide bonds. The molecule has 0 aromatic heterocycles. The van der Waals surface area contributed by atoms with Gasteiger partial charge in [-0.05, 0) is 30.8 Å². The van der Waals surface area contributed by atoms with Crippen molar-refractivity contribution in [2.45, 2.75) is 19.9 Å². The Balaban J connectivity index is 2.22. The quantitative estimate of drug-likeness (QED) is 0.864. The number of hydrogen-bond donors (Lipinski definition) is 1. The largest absolute Gasteiger partial charge is 0.314 e. The van der Waals surface area contributed by atoms with Gasteiger partial charge in [-0.1, -0.05) is 43.1 Å². The van der Waals surface area contributed by atoms with Gasteiger partial charge in [0, 0.05) is 38.8 Å². The third kappa shape index (κ3) is 4.57. The highest BCUT2D eigenvalue weighted by molar-refractivity contribution is 6.42. The van der Waals surface area contributed by atoms with Crippen LogP contribution in [-0.4, -0.2) is 55.6 Å². The number of likely N-dealkylation sites (N-methyl/N-ethyl adjacent to an activating group) is 1. The highest BCUT2D eigenvalue weighted by atomic mass is 35.5. The molecule has 1 atom stereocenters. The Morgan fingerprint density at radius 2 is 1.81 bits per heavy atom. The maximum Gasteiger partial charge on any atom is 0.0595 e. The minimum Gasteiger partial charge on any atom is -0.314 e. The summed E-state index contributed by atoms with van der Waals surface area (Å²) in [5.74, 6) is 0. The summed E-state index contributed by atoms with van der Waals surface area (Å²) >= 11 is 12.3. The highest BCUT2D eigenvalue weighted by Crippen LogP contribution is 2.29. The van der Waals surface area contributed by atoms with Gasteiger partial charge < -0.3 is 10.2 Å². The van der Waals surface area contributed by atoms with Gasteiger partial charge in [0.2, 0.25) is 0 Å². The van der Waals surface area contributed by atoms with Gasteiger partial charge in [-0.25, -0.2) is 0 Å². The van der Waals surface area contributed by atoms with E-state index in [4.69, 9.17) is 23.2 Å². The van der Waals surface area contributed by atoms with Crippen LogP contribution in [0, 0.1) is 0 Å². The molecule has 3 nitrogen and oxygen atoms in total. The Morgan fingerprint density at radius 3 is 2.38 bits per heavy atom. The molecule has 0 aliphatic carbocycles. The molecule has 5 heteroatoms. The zero-order valence-electron chi connectivity index (χ0n) is 12.9. The van der Waals surface area contributed by atoms with Gasteiger partial charge in [0.25, 0.3) is 0 Å². The van der Waals surface area contributed by atoms with Crippen molar-refractivity contribution in [1.29, 1.82) is 0 Å². The molecule has 1 saturated heterocycles. The van der Waals surface area contributed by atoms with Crippen LogP contribution in [-0.2, 0) is 0 Å². The van der Waals surface area contributed by atoms with Crippen LogP contribution in [0.3, 0.4) is 0 Å². The smallest absolute Gasteiger partial charge is 0.0595 e. The molecule has 21 heavy (non-hydrogen) atoms. The van der Waals surface area contributed by atoms with Crippen molar-refractivity contribution in [2.75, 3.05) is 45.8 Å². The second-order valence-electron chi connectivity index (χ2n) is 5.46. The standard InChI is InChI=1S/C16H25Cl2N3/c1-3-20(4-2)12-16(21-9-7-19-8-10-21)13-5-6-14(17)15(18)11-13/h5-6,11,16,19H,3-4,7-10,12H2,1-2H3. The van der Waals surface area contributed by atoms with Crippen LogP contribution in [0.2, 0.25) is 10.0 Å². The van der Waals surface area contributed by atoms with Crippen LogP contribution in [0.5, 0.6) is 0 Å². The minimum absolute atomic E-state index is 0.377. The first kappa shape index (κ1) is 17.0. The van der Waals surface area contributed by atoms with Crippen molar-refractivity contribution < 1.29 is 0 Å².